The van der Waals surface area contributed by atoms with Gasteiger partial charge in [0.1, 0.15) is 0 Å². The van der Waals surface area contributed by atoms with Gasteiger partial charge in [-0.25, -0.2) is 0 Å². The molecule has 174 valence electrons. The molecule has 0 radical (unpaired) electrons. The van der Waals surface area contributed by atoms with Crippen LogP contribution < -0.4 is 16.2 Å². The third kappa shape index (κ3) is 3.32. The van der Waals surface area contributed by atoms with E-state index >= 15 is 0 Å². The number of hydrogen-bond acceptors (Lipinski definition) is 5. The Kier molecular flexibility index (Phi) is 5.30. The first-order chi connectivity index (χ1) is 16.5. The number of pyridine rings is 2. The second-order valence-corrected chi connectivity index (χ2v) is 16.2. The van der Waals surface area contributed by atoms with Crippen molar-refractivity contribution in [2.45, 2.75) is 48.7 Å². The molecule has 6 rings (SSSR count). The second-order valence-electron chi connectivity index (χ2n) is 8.70. The third-order valence-electron chi connectivity index (χ3n) is 6.74. The van der Waals surface area contributed by atoms with Gasteiger partial charge in [0.05, 0.1) is 0 Å². The summed E-state index contributed by atoms with van der Waals surface area (Å²) < 4.78 is 7.15. The number of fused-ring (bicyclic) bond motifs is 5. The monoisotopic (exact) mass is 590 g/mol. The summed E-state index contributed by atoms with van der Waals surface area (Å²) in [5, 5.41) is 8.98. The molecular formula is C24H22N4O4Se2. The number of carbonyl (C=O) groups excluding carboxylic acids is 2. The van der Waals surface area contributed by atoms with Crippen LogP contribution in [0.2, 0.25) is 10.6 Å². The molecule has 0 aliphatic carbocycles. The number of ether oxygens (including phenoxy) is 1. The van der Waals surface area contributed by atoms with E-state index in [0.717, 1.165) is 32.8 Å². The van der Waals surface area contributed by atoms with Crippen molar-refractivity contribution in [2.24, 2.45) is 0 Å². The molecule has 0 saturated carbocycles. The maximum absolute atomic E-state index is 13.6. The number of esters is 1. The number of rotatable bonds is 3. The zero-order valence-electron chi connectivity index (χ0n) is 18.4. The number of carbonyl (C=O) groups is 2. The van der Waals surface area contributed by atoms with Gasteiger partial charge in [0.15, 0.2) is 0 Å². The first-order valence-corrected chi connectivity index (χ1v) is 17.9. The van der Waals surface area contributed by atoms with Crippen molar-refractivity contribution < 1.29 is 14.3 Å². The average Bonchev–Trinajstić information content (AvgIpc) is 3.47. The SMILES string of the molecule is CC[C@@]1(NC(=O)NC2C[Se][Se]C2)C(=O)OCc2c1cc1n(c2=O)Cc2cc3ccccc3nc2-1. The molecule has 1 saturated heterocycles. The topological polar surface area (TPSA) is 102 Å². The number of urea groups is 1. The van der Waals surface area contributed by atoms with E-state index in [-0.39, 0.29) is 24.6 Å². The number of benzene rings is 1. The number of nitrogens with one attached hydrogen (secondary N) is 2. The van der Waals surface area contributed by atoms with Gasteiger partial charge >= 0.3 is 178 Å². The van der Waals surface area contributed by atoms with Gasteiger partial charge in [-0.2, -0.15) is 0 Å². The van der Waals surface area contributed by atoms with Gasteiger partial charge in [0, 0.05) is 5.39 Å². The van der Waals surface area contributed by atoms with Crippen molar-refractivity contribution in [3.8, 4) is 11.4 Å². The van der Waals surface area contributed by atoms with Crippen LogP contribution in [0.4, 0.5) is 4.79 Å². The molecule has 10 heteroatoms. The molecule has 0 bridgehead atoms. The van der Waals surface area contributed by atoms with E-state index < -0.39 is 17.5 Å². The van der Waals surface area contributed by atoms with Crippen LogP contribution in [-0.2, 0) is 28.2 Å². The summed E-state index contributed by atoms with van der Waals surface area (Å²) in [7, 11) is 0. The molecule has 2 N–H and O–H groups in total. The molecule has 0 unspecified atom stereocenters. The molecule has 1 fully saturated rings. The Labute approximate surface area is 206 Å². The molecule has 2 amide bonds. The Bertz CT molecular complexity index is 1420. The van der Waals surface area contributed by atoms with Gasteiger partial charge in [-0.1, -0.05) is 18.2 Å². The van der Waals surface area contributed by atoms with Crippen LogP contribution in [0.3, 0.4) is 0 Å². The molecule has 1 atom stereocenters. The summed E-state index contributed by atoms with van der Waals surface area (Å²) in [6.45, 7) is 2.14. The molecule has 1 aromatic carbocycles. The van der Waals surface area contributed by atoms with Gasteiger partial charge in [0.2, 0.25) is 0 Å². The van der Waals surface area contributed by atoms with Crippen molar-refractivity contribution in [3.05, 3.63) is 63.4 Å². The number of cyclic esters (lactones) is 1. The zero-order chi connectivity index (χ0) is 23.4. The molecule has 8 nitrogen and oxygen atoms in total. The fourth-order valence-corrected chi connectivity index (χ4v) is 13.3. The molecule has 34 heavy (non-hydrogen) atoms. The predicted molar refractivity (Wildman–Crippen MR) is 129 cm³/mol. The van der Waals surface area contributed by atoms with E-state index in [0.29, 0.717) is 49.6 Å². The Balaban J connectivity index is 1.47. The fraction of sp³-hybridized carbons (Fsp3) is 0.333. The quantitative estimate of drug-likeness (QED) is 0.282. The Morgan fingerprint density at radius 1 is 1.24 bits per heavy atom. The Hall–Kier alpha value is -2.64. The number of nitrogens with zero attached hydrogens (tertiary/aromatic N) is 2. The summed E-state index contributed by atoms with van der Waals surface area (Å²) in [6, 6.07) is 11.5. The minimum atomic E-state index is -1.42. The van der Waals surface area contributed by atoms with Crippen molar-refractivity contribution in [3.63, 3.8) is 0 Å². The molecule has 3 aromatic rings. The van der Waals surface area contributed by atoms with E-state index in [4.69, 9.17) is 9.72 Å². The van der Waals surface area contributed by atoms with Crippen LogP contribution in [0, 0.1) is 0 Å². The van der Waals surface area contributed by atoms with Crippen molar-refractivity contribution in [1.82, 2.24) is 20.2 Å². The van der Waals surface area contributed by atoms with E-state index in [1.165, 1.54) is 0 Å². The number of hydrogen-bond donors (Lipinski definition) is 2. The third-order valence-corrected chi connectivity index (χ3v) is 14.1. The van der Waals surface area contributed by atoms with Gasteiger partial charge in [-0.3, -0.25) is 0 Å². The Morgan fingerprint density at radius 3 is 2.82 bits per heavy atom. The van der Waals surface area contributed by atoms with E-state index in [1.54, 1.807) is 4.57 Å². The van der Waals surface area contributed by atoms with E-state index in [9.17, 15) is 14.4 Å². The molecule has 5 heterocycles. The zero-order valence-corrected chi connectivity index (χ0v) is 21.8. The summed E-state index contributed by atoms with van der Waals surface area (Å²) in [5.41, 5.74) is 2.52. The molecule has 3 aliphatic rings. The minimum absolute atomic E-state index is 0.0995. The van der Waals surface area contributed by atoms with Crippen molar-refractivity contribution in [1.29, 1.82) is 0 Å². The second kappa shape index (κ2) is 8.24. The molecule has 0 spiro atoms. The van der Waals surface area contributed by atoms with Crippen LogP contribution in [-0.4, -0.2) is 53.9 Å². The molecule has 2 aromatic heterocycles. The average molecular weight is 588 g/mol. The molecular weight excluding hydrogens is 566 g/mol. The normalized spacial score (nSPS) is 21.0. The maximum atomic E-state index is 13.6. The van der Waals surface area contributed by atoms with E-state index in [1.807, 2.05) is 37.3 Å². The summed E-state index contributed by atoms with van der Waals surface area (Å²) >= 11 is 1.23. The van der Waals surface area contributed by atoms with Crippen molar-refractivity contribution in [2.75, 3.05) is 0 Å². The van der Waals surface area contributed by atoms with Gasteiger partial charge in [0.25, 0.3) is 0 Å². The van der Waals surface area contributed by atoms with Crippen molar-refractivity contribution >= 4 is 49.2 Å². The summed E-state index contributed by atoms with van der Waals surface area (Å²) in [6.07, 6.45) is 0.270. The number of amides is 2. The summed E-state index contributed by atoms with van der Waals surface area (Å²) in [4.78, 5) is 44.5. The van der Waals surface area contributed by atoms with Crippen LogP contribution in [0.5, 0.6) is 0 Å². The standard InChI is InChI=1S/C24H22N4O4Se2/c1-2-24(27-23(31)25-15-11-33-34-12-15)17-8-19-20-14(7-13-5-3-4-6-18(13)26-20)9-28(19)21(29)16(17)10-32-22(24)30/h3-8,15H,2,9-12H2,1H3,(H2,25,27,31)/t24-/m0/s1. The predicted octanol–water partition coefficient (Wildman–Crippen LogP) is 1.93. The van der Waals surface area contributed by atoms with Gasteiger partial charge < -0.3 is 0 Å². The van der Waals surface area contributed by atoms with Gasteiger partial charge in [-0.15, -0.1) is 0 Å². The fourth-order valence-electron chi connectivity index (χ4n) is 4.95. The first-order valence-electron chi connectivity index (χ1n) is 11.2. The Morgan fingerprint density at radius 2 is 2.03 bits per heavy atom. The van der Waals surface area contributed by atoms with Crippen LogP contribution in [0.25, 0.3) is 22.3 Å². The first kappa shape index (κ1) is 21.9. The van der Waals surface area contributed by atoms with Gasteiger partial charge in [-0.05, 0) is 6.07 Å². The van der Waals surface area contributed by atoms with Crippen LogP contribution in [0.1, 0.15) is 30.0 Å². The number of aromatic nitrogens is 2. The van der Waals surface area contributed by atoms with Crippen LogP contribution >= 0.6 is 0 Å². The van der Waals surface area contributed by atoms with Crippen LogP contribution in [0.15, 0.2) is 41.2 Å². The number of para-hydroxylation sites is 1. The summed E-state index contributed by atoms with van der Waals surface area (Å²) in [5.74, 6) is -0.536. The van der Waals surface area contributed by atoms with E-state index in [2.05, 4.69) is 16.7 Å². The molecule has 3 aliphatic heterocycles.